The molecule has 0 aliphatic heterocycles. The zero-order chi connectivity index (χ0) is 13.0. The van der Waals surface area contributed by atoms with Crippen molar-refractivity contribution in [1.29, 1.82) is 0 Å². The van der Waals surface area contributed by atoms with Gasteiger partial charge in [0.2, 0.25) is 0 Å². The Balaban J connectivity index is 2.26. The van der Waals surface area contributed by atoms with Crippen LogP contribution in [-0.4, -0.2) is 0 Å². The van der Waals surface area contributed by atoms with Crippen molar-refractivity contribution in [2.24, 2.45) is 5.84 Å². The molecule has 0 heterocycles. The van der Waals surface area contributed by atoms with Crippen LogP contribution in [0.1, 0.15) is 49.3 Å². The molecule has 3 heteroatoms. The maximum atomic E-state index is 13.6. The maximum absolute atomic E-state index is 13.6. The minimum Gasteiger partial charge on any atom is -0.271 e. The zero-order valence-corrected chi connectivity index (χ0v) is 10.9. The molecular weight excluding hydrogens is 227 g/mol. The summed E-state index contributed by atoms with van der Waals surface area (Å²) < 4.78 is 13.6. The van der Waals surface area contributed by atoms with E-state index in [1.165, 1.54) is 24.8 Å². The highest BCUT2D eigenvalue weighted by atomic mass is 19.1. The van der Waals surface area contributed by atoms with E-state index in [1.807, 2.05) is 12.1 Å². The highest BCUT2D eigenvalue weighted by Crippen LogP contribution is 2.29. The number of hydrogen-bond acceptors (Lipinski definition) is 2. The second-order valence-electron chi connectivity index (χ2n) is 4.99. The quantitative estimate of drug-likeness (QED) is 0.488. The standard InChI is InChI=1S/C15H21FN2/c1-11-8-9-13(10-14(11)16)15(18-17)12-6-4-2-3-5-7-12/h6,8-10,15,18H,2-5,7,17H2,1H3. The van der Waals surface area contributed by atoms with Gasteiger partial charge in [0.25, 0.3) is 0 Å². The van der Waals surface area contributed by atoms with Gasteiger partial charge in [0, 0.05) is 0 Å². The highest BCUT2D eigenvalue weighted by molar-refractivity contribution is 5.31. The van der Waals surface area contributed by atoms with Gasteiger partial charge in [0.15, 0.2) is 0 Å². The van der Waals surface area contributed by atoms with Gasteiger partial charge in [-0.1, -0.05) is 30.2 Å². The Morgan fingerprint density at radius 2 is 2.11 bits per heavy atom. The lowest BCUT2D eigenvalue weighted by Gasteiger charge is -2.20. The van der Waals surface area contributed by atoms with E-state index in [1.54, 1.807) is 13.0 Å². The van der Waals surface area contributed by atoms with Crippen LogP contribution in [0.2, 0.25) is 0 Å². The number of allylic oxidation sites excluding steroid dienone is 1. The molecule has 1 aromatic carbocycles. The molecule has 0 bridgehead atoms. The van der Waals surface area contributed by atoms with Crippen LogP contribution in [0.4, 0.5) is 4.39 Å². The molecule has 0 saturated carbocycles. The summed E-state index contributed by atoms with van der Waals surface area (Å²) in [5.41, 5.74) is 5.70. The molecule has 0 spiro atoms. The van der Waals surface area contributed by atoms with Gasteiger partial charge in [-0.3, -0.25) is 5.84 Å². The summed E-state index contributed by atoms with van der Waals surface area (Å²) in [5.74, 6) is 5.50. The molecule has 0 fully saturated rings. The molecule has 0 amide bonds. The zero-order valence-electron chi connectivity index (χ0n) is 10.9. The predicted octanol–water partition coefficient (Wildman–Crippen LogP) is 3.53. The number of halogens is 1. The number of nitrogens with two attached hydrogens (primary N) is 1. The van der Waals surface area contributed by atoms with Crippen LogP contribution < -0.4 is 11.3 Å². The summed E-state index contributed by atoms with van der Waals surface area (Å²) in [6.07, 6.45) is 8.10. The molecule has 2 nitrogen and oxygen atoms in total. The third-order valence-corrected chi connectivity index (χ3v) is 3.64. The summed E-state index contributed by atoms with van der Waals surface area (Å²) in [6.45, 7) is 1.77. The van der Waals surface area contributed by atoms with Gasteiger partial charge in [0.05, 0.1) is 6.04 Å². The van der Waals surface area contributed by atoms with E-state index in [0.717, 1.165) is 18.4 Å². The van der Waals surface area contributed by atoms with Crippen molar-refractivity contribution < 1.29 is 4.39 Å². The van der Waals surface area contributed by atoms with E-state index in [4.69, 9.17) is 5.84 Å². The fourth-order valence-corrected chi connectivity index (χ4v) is 2.51. The molecule has 3 N–H and O–H groups in total. The minimum absolute atomic E-state index is 0.0572. The Morgan fingerprint density at radius 1 is 1.28 bits per heavy atom. The largest absolute Gasteiger partial charge is 0.271 e. The number of benzene rings is 1. The van der Waals surface area contributed by atoms with Crippen molar-refractivity contribution >= 4 is 0 Å². The molecule has 0 radical (unpaired) electrons. The van der Waals surface area contributed by atoms with Gasteiger partial charge in [-0.05, 0) is 49.8 Å². The van der Waals surface area contributed by atoms with E-state index >= 15 is 0 Å². The minimum atomic E-state index is -0.165. The Morgan fingerprint density at radius 3 is 2.83 bits per heavy atom. The van der Waals surface area contributed by atoms with Gasteiger partial charge in [0.1, 0.15) is 5.82 Å². The molecule has 0 aromatic heterocycles. The van der Waals surface area contributed by atoms with Crippen LogP contribution in [0.25, 0.3) is 0 Å². The fraction of sp³-hybridized carbons (Fsp3) is 0.467. The second-order valence-corrected chi connectivity index (χ2v) is 4.99. The molecule has 2 rings (SSSR count). The van der Waals surface area contributed by atoms with Crippen molar-refractivity contribution in [2.45, 2.75) is 45.1 Å². The first-order chi connectivity index (χ1) is 8.72. The van der Waals surface area contributed by atoms with E-state index in [9.17, 15) is 4.39 Å². The van der Waals surface area contributed by atoms with Crippen LogP contribution in [-0.2, 0) is 0 Å². The molecule has 0 saturated heterocycles. The van der Waals surface area contributed by atoms with Gasteiger partial charge in [-0.15, -0.1) is 0 Å². The van der Waals surface area contributed by atoms with Crippen LogP contribution in [0.15, 0.2) is 29.8 Å². The number of hydrogen-bond donors (Lipinski definition) is 2. The topological polar surface area (TPSA) is 38.0 Å². The smallest absolute Gasteiger partial charge is 0.126 e. The monoisotopic (exact) mass is 248 g/mol. The van der Waals surface area contributed by atoms with E-state index in [-0.39, 0.29) is 11.9 Å². The average molecular weight is 248 g/mol. The Hall–Kier alpha value is -1.19. The van der Waals surface area contributed by atoms with E-state index in [2.05, 4.69) is 11.5 Å². The molecule has 1 unspecified atom stereocenters. The number of nitrogens with one attached hydrogen (secondary N) is 1. The van der Waals surface area contributed by atoms with E-state index < -0.39 is 0 Å². The second kappa shape index (κ2) is 6.12. The number of hydrazine groups is 1. The molecular formula is C15H21FN2. The molecule has 1 aliphatic carbocycles. The third-order valence-electron chi connectivity index (χ3n) is 3.64. The highest BCUT2D eigenvalue weighted by Gasteiger charge is 2.17. The Labute approximate surface area is 108 Å². The van der Waals surface area contributed by atoms with Crippen LogP contribution >= 0.6 is 0 Å². The van der Waals surface area contributed by atoms with Gasteiger partial charge >= 0.3 is 0 Å². The first-order valence-corrected chi connectivity index (χ1v) is 6.63. The average Bonchev–Trinajstić information content (AvgIpc) is 2.64. The lowest BCUT2D eigenvalue weighted by Crippen LogP contribution is -2.29. The van der Waals surface area contributed by atoms with Crippen LogP contribution in [0.5, 0.6) is 0 Å². The summed E-state index contributed by atoms with van der Waals surface area (Å²) in [6, 6.07) is 5.30. The lowest BCUT2D eigenvalue weighted by atomic mass is 9.95. The number of aryl methyl sites for hydroxylation is 1. The summed E-state index contributed by atoms with van der Waals surface area (Å²) in [7, 11) is 0. The van der Waals surface area contributed by atoms with Crippen molar-refractivity contribution in [1.82, 2.24) is 5.43 Å². The van der Waals surface area contributed by atoms with Crippen LogP contribution in [0.3, 0.4) is 0 Å². The molecule has 1 aromatic rings. The Kier molecular flexibility index (Phi) is 4.50. The van der Waals surface area contributed by atoms with Crippen LogP contribution in [0, 0.1) is 12.7 Å². The lowest BCUT2D eigenvalue weighted by molar-refractivity contribution is 0.578. The summed E-state index contributed by atoms with van der Waals surface area (Å²) in [4.78, 5) is 0. The summed E-state index contributed by atoms with van der Waals surface area (Å²) >= 11 is 0. The summed E-state index contributed by atoms with van der Waals surface area (Å²) in [5, 5.41) is 0. The molecule has 1 aliphatic rings. The van der Waals surface area contributed by atoms with Gasteiger partial charge in [-0.2, -0.15) is 0 Å². The maximum Gasteiger partial charge on any atom is 0.126 e. The van der Waals surface area contributed by atoms with E-state index in [0.29, 0.717) is 5.56 Å². The normalized spacial score (nSPS) is 18.1. The van der Waals surface area contributed by atoms with Gasteiger partial charge < -0.3 is 0 Å². The SMILES string of the molecule is Cc1ccc(C(NN)C2=CCCCCC2)cc1F. The third kappa shape index (κ3) is 2.98. The van der Waals surface area contributed by atoms with Crippen molar-refractivity contribution in [3.8, 4) is 0 Å². The van der Waals surface area contributed by atoms with Crippen molar-refractivity contribution in [2.75, 3.05) is 0 Å². The molecule has 1 atom stereocenters. The molecule has 98 valence electrons. The predicted molar refractivity (Wildman–Crippen MR) is 72.4 cm³/mol. The van der Waals surface area contributed by atoms with Crippen molar-refractivity contribution in [3.05, 3.63) is 46.8 Å². The Bertz CT molecular complexity index is 440. The van der Waals surface area contributed by atoms with Gasteiger partial charge in [-0.25, -0.2) is 9.82 Å². The number of rotatable bonds is 3. The first-order valence-electron chi connectivity index (χ1n) is 6.63. The first kappa shape index (κ1) is 13.2. The molecule has 18 heavy (non-hydrogen) atoms. The van der Waals surface area contributed by atoms with Crippen molar-refractivity contribution in [3.63, 3.8) is 0 Å². The fourth-order valence-electron chi connectivity index (χ4n) is 2.51.